The summed E-state index contributed by atoms with van der Waals surface area (Å²) in [6, 6.07) is 0. The molecule has 2 saturated heterocycles. The van der Waals surface area contributed by atoms with E-state index in [1.807, 2.05) is 13.8 Å². The normalized spacial score (nSPS) is 36.8. The van der Waals surface area contributed by atoms with Crippen LogP contribution in [0.3, 0.4) is 0 Å². The molecule has 202 valence electrons. The van der Waals surface area contributed by atoms with Crippen LogP contribution in [0.15, 0.2) is 11.2 Å². The molecule has 0 unspecified atom stereocenters. The molecule has 0 spiro atoms. The summed E-state index contributed by atoms with van der Waals surface area (Å²) in [6.45, 7) is 8.82. The first-order chi connectivity index (χ1) is 16.8. The molecule has 0 saturated carbocycles. The topological polar surface area (TPSA) is 135 Å². The van der Waals surface area contributed by atoms with Crippen molar-refractivity contribution in [1.82, 2.24) is 4.98 Å². The largest absolute Gasteiger partial charge is 0.455 e. The number of carbonyl (C=O) groups excluding carboxylic acids is 2. The Morgan fingerprint density at radius 3 is 2.64 bits per heavy atom. The number of esters is 1. The van der Waals surface area contributed by atoms with Crippen LogP contribution in [0.1, 0.15) is 77.4 Å². The van der Waals surface area contributed by atoms with Crippen molar-refractivity contribution in [2.75, 3.05) is 0 Å². The first-order valence-electron chi connectivity index (χ1n) is 12.6. The van der Waals surface area contributed by atoms with Crippen LogP contribution in [-0.4, -0.2) is 57.0 Å². The minimum atomic E-state index is -1.36. The number of epoxide rings is 1. The zero-order chi connectivity index (χ0) is 26.8. The summed E-state index contributed by atoms with van der Waals surface area (Å²) in [5, 5.41) is 23.9. The summed E-state index contributed by atoms with van der Waals surface area (Å²) in [5.74, 6) is -2.70. The van der Waals surface area contributed by atoms with E-state index in [9.17, 15) is 19.8 Å². The maximum absolute atomic E-state index is 15.3. The van der Waals surface area contributed by atoms with E-state index in [1.54, 1.807) is 26.2 Å². The number of hydrogen-bond donors (Lipinski definition) is 3. The number of aliphatic hydroxyl groups is 2. The number of hydrogen-bond acceptors (Lipinski definition) is 9. The van der Waals surface area contributed by atoms with Gasteiger partial charge < -0.3 is 25.4 Å². The Morgan fingerprint density at radius 2 is 2.00 bits per heavy atom. The van der Waals surface area contributed by atoms with Crippen molar-refractivity contribution < 1.29 is 33.7 Å². The molecule has 0 aromatic carbocycles. The van der Waals surface area contributed by atoms with Crippen LogP contribution < -0.4 is 5.73 Å². The second-order valence-electron chi connectivity index (χ2n) is 11.0. The van der Waals surface area contributed by atoms with Gasteiger partial charge in [0.05, 0.1) is 41.4 Å². The lowest BCUT2D eigenvalue weighted by molar-refractivity contribution is -0.155. The number of nitrogens with zero attached hydrogens (tertiary/aromatic N) is 1. The highest BCUT2D eigenvalue weighted by atomic mass is 32.1. The zero-order valence-electron chi connectivity index (χ0n) is 21.7. The summed E-state index contributed by atoms with van der Waals surface area (Å²) < 4.78 is 26.7. The highest BCUT2D eigenvalue weighted by Crippen LogP contribution is 2.45. The average Bonchev–Trinajstić information content (AvgIpc) is 3.23. The van der Waals surface area contributed by atoms with Crippen molar-refractivity contribution in [1.29, 1.82) is 0 Å². The monoisotopic (exact) mass is 526 g/mol. The number of cyclic esters (lactones) is 1. The molecule has 0 bridgehead atoms. The van der Waals surface area contributed by atoms with Crippen LogP contribution in [0.4, 0.5) is 4.39 Å². The van der Waals surface area contributed by atoms with Gasteiger partial charge in [-0.1, -0.05) is 34.1 Å². The maximum atomic E-state index is 15.3. The minimum Gasteiger partial charge on any atom is -0.455 e. The highest BCUT2D eigenvalue weighted by molar-refractivity contribution is 7.09. The number of rotatable bonds is 3. The Balaban J connectivity index is 1.85. The summed E-state index contributed by atoms with van der Waals surface area (Å²) in [5.41, 5.74) is 4.18. The summed E-state index contributed by atoms with van der Waals surface area (Å²) >= 11 is 1.31. The molecule has 8 nitrogen and oxygen atoms in total. The third kappa shape index (κ3) is 6.58. The van der Waals surface area contributed by atoms with E-state index in [2.05, 4.69) is 4.98 Å². The van der Waals surface area contributed by atoms with Gasteiger partial charge in [0.2, 0.25) is 0 Å². The number of nitrogens with two attached hydrogens (primary N) is 1. The Labute approximate surface area is 216 Å². The predicted octanol–water partition coefficient (Wildman–Crippen LogP) is 3.53. The third-order valence-corrected chi connectivity index (χ3v) is 8.63. The standard InChI is InChI=1S/C26H39FN2O6S/c1-14-7-6-8-26(5)20(35-26)10-18(17(27)9-16-13-36-21(12-28)29-16)34-22(31)11-19(30)25(3,4)24(33)15(2)23(14)32/h9,13-15,18-20,23,30,32H,6-8,10-12,28H2,1-5H3/t14-,15+,18-,19-,20-,23-,26+/m0/s1. The molecule has 2 aliphatic heterocycles. The Kier molecular flexibility index (Phi) is 9.09. The first kappa shape index (κ1) is 28.8. The van der Waals surface area contributed by atoms with Gasteiger partial charge in [-0.15, -0.1) is 11.3 Å². The molecule has 0 amide bonds. The van der Waals surface area contributed by atoms with Crippen LogP contribution >= 0.6 is 11.3 Å². The van der Waals surface area contributed by atoms with Crippen LogP contribution in [0.25, 0.3) is 6.08 Å². The average molecular weight is 527 g/mol. The Bertz CT molecular complexity index is 981. The van der Waals surface area contributed by atoms with E-state index >= 15 is 4.39 Å². The van der Waals surface area contributed by atoms with E-state index in [0.29, 0.717) is 23.5 Å². The van der Waals surface area contributed by atoms with Gasteiger partial charge in [0.15, 0.2) is 6.10 Å². The molecule has 1 aromatic heterocycles. The Hall–Kier alpha value is -1.72. The van der Waals surface area contributed by atoms with Crippen LogP contribution in [0, 0.1) is 17.3 Å². The number of ether oxygens (including phenoxy) is 2. The lowest BCUT2D eigenvalue weighted by Gasteiger charge is -2.34. The number of fused-ring (bicyclic) bond motifs is 1. The second-order valence-corrected chi connectivity index (χ2v) is 11.9. The number of aromatic nitrogens is 1. The summed E-state index contributed by atoms with van der Waals surface area (Å²) in [7, 11) is 0. The molecule has 1 aromatic rings. The lowest BCUT2D eigenvalue weighted by atomic mass is 9.73. The zero-order valence-corrected chi connectivity index (χ0v) is 22.5. The van der Waals surface area contributed by atoms with Gasteiger partial charge in [0, 0.05) is 24.3 Å². The fraction of sp³-hybridized carbons (Fsp3) is 0.731. The summed E-state index contributed by atoms with van der Waals surface area (Å²) in [6.07, 6.45) is -0.776. The van der Waals surface area contributed by atoms with Crippen molar-refractivity contribution in [2.45, 2.75) is 103 Å². The van der Waals surface area contributed by atoms with Gasteiger partial charge in [-0.25, -0.2) is 9.37 Å². The molecule has 10 heteroatoms. The molecule has 3 heterocycles. The van der Waals surface area contributed by atoms with E-state index < -0.39 is 53.5 Å². The molecule has 2 aliphatic rings. The van der Waals surface area contributed by atoms with Crippen LogP contribution in [0.2, 0.25) is 0 Å². The van der Waals surface area contributed by atoms with Crippen molar-refractivity contribution in [3.63, 3.8) is 0 Å². The van der Waals surface area contributed by atoms with Gasteiger partial charge >= 0.3 is 5.97 Å². The smallest absolute Gasteiger partial charge is 0.309 e. The number of ketones is 1. The molecule has 7 atom stereocenters. The molecule has 4 N–H and O–H groups in total. The third-order valence-electron chi connectivity index (χ3n) is 7.74. The lowest BCUT2D eigenvalue weighted by Crippen LogP contribution is -2.45. The number of aliphatic hydroxyl groups excluding tert-OH is 2. The SMILES string of the molecule is C[C@H]1CCC[C@@]2(C)O[C@H]2C[C@@H](C(F)=Cc2csc(CN)n2)OC(=O)C[C@H](O)C(C)(C)C(=O)[C@H](C)[C@H]1O. The molecular weight excluding hydrogens is 487 g/mol. The maximum Gasteiger partial charge on any atom is 0.309 e. The van der Waals surface area contributed by atoms with Gasteiger partial charge in [-0.2, -0.15) is 0 Å². The van der Waals surface area contributed by atoms with Crippen LogP contribution in [-0.2, 0) is 25.6 Å². The predicted molar refractivity (Wildman–Crippen MR) is 134 cm³/mol. The van der Waals surface area contributed by atoms with Crippen molar-refractivity contribution in [3.05, 3.63) is 21.9 Å². The highest BCUT2D eigenvalue weighted by Gasteiger charge is 2.53. The van der Waals surface area contributed by atoms with Crippen molar-refractivity contribution in [2.24, 2.45) is 23.0 Å². The van der Waals surface area contributed by atoms with Gasteiger partial charge in [0.25, 0.3) is 0 Å². The molecule has 3 rings (SSSR count). The van der Waals surface area contributed by atoms with Crippen molar-refractivity contribution >= 4 is 29.2 Å². The fourth-order valence-electron chi connectivity index (χ4n) is 4.90. The van der Waals surface area contributed by atoms with E-state index in [4.69, 9.17) is 15.2 Å². The van der Waals surface area contributed by atoms with E-state index in [-0.39, 0.29) is 30.8 Å². The molecular formula is C26H39FN2O6S. The Morgan fingerprint density at radius 1 is 1.31 bits per heavy atom. The summed E-state index contributed by atoms with van der Waals surface area (Å²) in [4.78, 5) is 30.2. The first-order valence-corrected chi connectivity index (χ1v) is 13.5. The minimum absolute atomic E-state index is 0.117. The fourth-order valence-corrected chi connectivity index (χ4v) is 5.54. The molecule has 0 radical (unpaired) electrons. The molecule has 36 heavy (non-hydrogen) atoms. The van der Waals surface area contributed by atoms with Crippen molar-refractivity contribution in [3.8, 4) is 0 Å². The number of carbonyl (C=O) groups is 2. The van der Waals surface area contributed by atoms with E-state index in [0.717, 1.165) is 6.42 Å². The molecule has 0 aliphatic carbocycles. The van der Waals surface area contributed by atoms with Gasteiger partial charge in [-0.05, 0) is 31.8 Å². The van der Waals surface area contributed by atoms with Crippen LogP contribution in [0.5, 0.6) is 0 Å². The molecule has 2 fully saturated rings. The number of thiazole rings is 1. The quantitative estimate of drug-likeness (QED) is 0.402. The van der Waals surface area contributed by atoms with E-state index in [1.165, 1.54) is 17.4 Å². The number of Topliss-reactive ketones (excluding diaryl/α,β-unsaturated/α-hetero) is 1. The second kappa shape index (κ2) is 11.3. The van der Waals surface area contributed by atoms with Gasteiger partial charge in [-0.3, -0.25) is 9.59 Å². The number of halogens is 1. The van der Waals surface area contributed by atoms with Gasteiger partial charge in [0.1, 0.15) is 16.6 Å².